The highest BCUT2D eigenvalue weighted by Crippen LogP contribution is 2.32. The summed E-state index contributed by atoms with van der Waals surface area (Å²) in [7, 11) is 0. The molecular formula is C13H16N4OS. The van der Waals surface area contributed by atoms with Crippen LogP contribution < -0.4 is 5.32 Å². The number of nitrogens with one attached hydrogen (secondary N) is 2. The second kappa shape index (κ2) is 5.44. The molecule has 0 aliphatic carbocycles. The third-order valence-corrected chi connectivity index (χ3v) is 4.13. The number of aromatic amines is 1. The number of urea groups is 1. The van der Waals surface area contributed by atoms with Crippen molar-refractivity contribution in [2.75, 3.05) is 6.54 Å². The van der Waals surface area contributed by atoms with Crippen molar-refractivity contribution in [3.05, 3.63) is 40.3 Å². The molecule has 1 aliphatic heterocycles. The second-order valence-corrected chi connectivity index (χ2v) is 5.43. The van der Waals surface area contributed by atoms with Gasteiger partial charge < -0.3 is 10.2 Å². The van der Waals surface area contributed by atoms with Gasteiger partial charge in [0.05, 0.1) is 18.3 Å². The fourth-order valence-electron chi connectivity index (χ4n) is 2.48. The fraction of sp³-hybridized carbons (Fsp3) is 0.385. The first kappa shape index (κ1) is 12.2. The van der Waals surface area contributed by atoms with Gasteiger partial charge in [-0.15, -0.1) is 0 Å². The van der Waals surface area contributed by atoms with Crippen molar-refractivity contribution in [3.63, 3.8) is 0 Å². The molecule has 19 heavy (non-hydrogen) atoms. The van der Waals surface area contributed by atoms with Gasteiger partial charge in [-0.2, -0.15) is 16.4 Å². The van der Waals surface area contributed by atoms with E-state index >= 15 is 0 Å². The van der Waals surface area contributed by atoms with Crippen LogP contribution in [0.15, 0.2) is 29.1 Å². The maximum absolute atomic E-state index is 12.2. The van der Waals surface area contributed by atoms with Crippen molar-refractivity contribution >= 4 is 17.4 Å². The number of carbonyl (C=O) groups excluding carboxylic acids is 1. The van der Waals surface area contributed by atoms with E-state index in [1.807, 2.05) is 11.0 Å². The molecule has 2 aromatic heterocycles. The van der Waals surface area contributed by atoms with E-state index in [9.17, 15) is 4.79 Å². The van der Waals surface area contributed by atoms with E-state index in [0.29, 0.717) is 6.54 Å². The molecule has 6 heteroatoms. The molecule has 1 aliphatic rings. The number of amides is 2. The van der Waals surface area contributed by atoms with Gasteiger partial charge in [-0.1, -0.05) is 0 Å². The van der Waals surface area contributed by atoms with E-state index < -0.39 is 0 Å². The summed E-state index contributed by atoms with van der Waals surface area (Å²) in [6.45, 7) is 1.32. The lowest BCUT2D eigenvalue weighted by atomic mass is 10.1. The van der Waals surface area contributed by atoms with Gasteiger partial charge in [-0.3, -0.25) is 5.10 Å². The molecule has 2 aromatic rings. The minimum Gasteiger partial charge on any atom is -0.332 e. The van der Waals surface area contributed by atoms with Crippen LogP contribution in [0.4, 0.5) is 4.79 Å². The number of nitrogens with zero attached hydrogens (tertiary/aromatic N) is 2. The quantitative estimate of drug-likeness (QED) is 0.905. The van der Waals surface area contributed by atoms with Crippen molar-refractivity contribution in [1.29, 1.82) is 0 Å². The van der Waals surface area contributed by atoms with Crippen LogP contribution in [0, 0.1) is 0 Å². The second-order valence-electron chi connectivity index (χ2n) is 4.65. The molecule has 0 spiro atoms. The Kier molecular flexibility index (Phi) is 3.50. The summed E-state index contributed by atoms with van der Waals surface area (Å²) in [6.07, 6.45) is 3.80. The summed E-state index contributed by atoms with van der Waals surface area (Å²) < 4.78 is 0. The Morgan fingerprint density at radius 1 is 1.58 bits per heavy atom. The summed E-state index contributed by atoms with van der Waals surface area (Å²) in [6, 6.07) is 4.20. The van der Waals surface area contributed by atoms with Gasteiger partial charge in [0.1, 0.15) is 0 Å². The van der Waals surface area contributed by atoms with Gasteiger partial charge in [-0.05, 0) is 41.3 Å². The molecule has 5 nitrogen and oxygen atoms in total. The average Bonchev–Trinajstić information content (AvgIpc) is 3.14. The maximum Gasteiger partial charge on any atom is 0.318 e. The zero-order valence-electron chi connectivity index (χ0n) is 10.5. The van der Waals surface area contributed by atoms with Crippen LogP contribution in [-0.2, 0) is 6.54 Å². The number of likely N-dealkylation sites (tertiary alicyclic amines) is 1. The predicted octanol–water partition coefficient (Wildman–Crippen LogP) is 2.52. The van der Waals surface area contributed by atoms with Crippen LogP contribution in [0.25, 0.3) is 0 Å². The molecule has 1 saturated heterocycles. The third-order valence-electron chi connectivity index (χ3n) is 3.43. The standard InChI is InChI=1S/C13H16N4OS/c18-13(14-8-11-3-5-15-16-11)17-6-1-2-12(17)10-4-7-19-9-10/h3-5,7,9,12H,1-2,6,8H2,(H,14,18)(H,15,16). The van der Waals surface area contributed by atoms with Gasteiger partial charge in [-0.25, -0.2) is 4.79 Å². The van der Waals surface area contributed by atoms with Gasteiger partial charge in [0.25, 0.3) is 0 Å². The van der Waals surface area contributed by atoms with Gasteiger partial charge in [0.15, 0.2) is 0 Å². The summed E-state index contributed by atoms with van der Waals surface area (Å²) >= 11 is 1.68. The molecule has 1 atom stereocenters. The van der Waals surface area contributed by atoms with Crippen molar-refractivity contribution in [1.82, 2.24) is 20.4 Å². The fourth-order valence-corrected chi connectivity index (χ4v) is 3.18. The zero-order valence-corrected chi connectivity index (χ0v) is 11.3. The van der Waals surface area contributed by atoms with Crippen LogP contribution in [0.5, 0.6) is 0 Å². The van der Waals surface area contributed by atoms with E-state index in [1.54, 1.807) is 17.5 Å². The van der Waals surface area contributed by atoms with Crippen LogP contribution >= 0.6 is 11.3 Å². The van der Waals surface area contributed by atoms with Gasteiger partial charge in [0, 0.05) is 12.7 Å². The smallest absolute Gasteiger partial charge is 0.318 e. The first-order valence-electron chi connectivity index (χ1n) is 6.39. The number of thiophene rings is 1. The summed E-state index contributed by atoms with van der Waals surface area (Å²) in [5, 5.41) is 13.8. The van der Waals surface area contributed by atoms with Crippen LogP contribution in [0.2, 0.25) is 0 Å². The average molecular weight is 276 g/mol. The van der Waals surface area contributed by atoms with E-state index in [0.717, 1.165) is 25.1 Å². The SMILES string of the molecule is O=C(NCc1ccn[nH]1)N1CCCC1c1ccsc1. The minimum absolute atomic E-state index is 0.00306. The highest BCUT2D eigenvalue weighted by molar-refractivity contribution is 7.07. The molecular weight excluding hydrogens is 260 g/mol. The normalized spacial score (nSPS) is 18.7. The largest absolute Gasteiger partial charge is 0.332 e. The molecule has 0 aromatic carbocycles. The van der Waals surface area contributed by atoms with E-state index in [2.05, 4.69) is 32.3 Å². The Morgan fingerprint density at radius 2 is 2.53 bits per heavy atom. The molecule has 0 bridgehead atoms. The van der Waals surface area contributed by atoms with E-state index in [1.165, 1.54) is 5.56 Å². The zero-order chi connectivity index (χ0) is 13.1. The Bertz CT molecular complexity index is 523. The van der Waals surface area contributed by atoms with Crippen LogP contribution in [0.1, 0.15) is 30.1 Å². The first-order valence-corrected chi connectivity index (χ1v) is 7.33. The Morgan fingerprint density at radius 3 is 3.26 bits per heavy atom. The Balaban J connectivity index is 1.62. The third kappa shape index (κ3) is 2.63. The lowest BCUT2D eigenvalue weighted by Gasteiger charge is -2.24. The van der Waals surface area contributed by atoms with Crippen molar-refractivity contribution in [2.24, 2.45) is 0 Å². The summed E-state index contributed by atoms with van der Waals surface area (Å²) in [4.78, 5) is 14.2. The number of hydrogen-bond donors (Lipinski definition) is 2. The molecule has 2 N–H and O–H groups in total. The number of rotatable bonds is 3. The van der Waals surface area contributed by atoms with Crippen LogP contribution in [0.3, 0.4) is 0 Å². The highest BCUT2D eigenvalue weighted by Gasteiger charge is 2.29. The highest BCUT2D eigenvalue weighted by atomic mass is 32.1. The van der Waals surface area contributed by atoms with Gasteiger partial charge in [0.2, 0.25) is 0 Å². The molecule has 2 amide bonds. The lowest BCUT2D eigenvalue weighted by Crippen LogP contribution is -2.39. The molecule has 100 valence electrons. The Labute approximate surface area is 115 Å². The summed E-state index contributed by atoms with van der Waals surface area (Å²) in [5.41, 5.74) is 2.17. The van der Waals surface area contributed by atoms with Crippen molar-refractivity contribution < 1.29 is 4.79 Å². The topological polar surface area (TPSA) is 61.0 Å². The number of aromatic nitrogens is 2. The van der Waals surface area contributed by atoms with Gasteiger partial charge >= 0.3 is 6.03 Å². The number of hydrogen-bond acceptors (Lipinski definition) is 3. The molecule has 3 heterocycles. The Hall–Kier alpha value is -1.82. The number of H-pyrrole nitrogens is 1. The molecule has 0 saturated carbocycles. The molecule has 0 radical (unpaired) electrons. The predicted molar refractivity (Wildman–Crippen MR) is 73.8 cm³/mol. The molecule has 1 fully saturated rings. The molecule has 1 unspecified atom stereocenters. The van der Waals surface area contributed by atoms with E-state index in [4.69, 9.17) is 0 Å². The van der Waals surface area contributed by atoms with Crippen molar-refractivity contribution in [2.45, 2.75) is 25.4 Å². The van der Waals surface area contributed by atoms with Crippen molar-refractivity contribution in [3.8, 4) is 0 Å². The first-order chi connectivity index (χ1) is 9.34. The maximum atomic E-state index is 12.2. The molecule has 3 rings (SSSR count). The minimum atomic E-state index is 0.00306. The summed E-state index contributed by atoms with van der Waals surface area (Å²) in [5.74, 6) is 0. The lowest BCUT2D eigenvalue weighted by molar-refractivity contribution is 0.192. The van der Waals surface area contributed by atoms with E-state index in [-0.39, 0.29) is 12.1 Å². The number of carbonyl (C=O) groups is 1. The monoisotopic (exact) mass is 276 g/mol. The van der Waals surface area contributed by atoms with Crippen LogP contribution in [-0.4, -0.2) is 27.7 Å².